The van der Waals surface area contributed by atoms with Crippen molar-refractivity contribution in [3.63, 3.8) is 0 Å². The molecule has 2 atom stereocenters. The molecule has 0 bridgehead atoms. The average Bonchev–Trinajstić information content (AvgIpc) is 3.05. The molecule has 0 aliphatic carbocycles. The van der Waals surface area contributed by atoms with Gasteiger partial charge in [-0.2, -0.15) is 0 Å². The fraction of sp³-hybridized carbons (Fsp3) is 0.571. The number of carbonyl (C=O) groups is 3. The van der Waals surface area contributed by atoms with Gasteiger partial charge in [0.05, 0.1) is 12.7 Å². The van der Waals surface area contributed by atoms with Crippen LogP contribution in [0.1, 0.15) is 75.2 Å². The van der Waals surface area contributed by atoms with Crippen molar-refractivity contribution in [2.45, 2.75) is 83.5 Å². The molecule has 2 aromatic rings. The van der Waals surface area contributed by atoms with Crippen LogP contribution in [0.15, 0.2) is 48.5 Å². The quantitative estimate of drug-likeness (QED) is 0.241. The van der Waals surface area contributed by atoms with Crippen LogP contribution >= 0.6 is 12.4 Å². The minimum Gasteiger partial charge on any atom is -0.457 e. The van der Waals surface area contributed by atoms with Gasteiger partial charge < -0.3 is 30.1 Å². The normalized spacial score (nSPS) is 18.7. The molecule has 1 spiro atoms. The van der Waals surface area contributed by atoms with Crippen LogP contribution in [-0.4, -0.2) is 90.2 Å². The van der Waals surface area contributed by atoms with Crippen molar-refractivity contribution in [1.82, 2.24) is 20.4 Å². The summed E-state index contributed by atoms with van der Waals surface area (Å²) in [6.07, 6.45) is 3.48. The molecule has 0 saturated carbocycles. The molecule has 46 heavy (non-hydrogen) atoms. The minimum absolute atomic E-state index is 0. The highest BCUT2D eigenvalue weighted by molar-refractivity contribution is 6.00. The number of nitrogens with zero attached hydrogens (tertiary/aromatic N) is 2. The van der Waals surface area contributed by atoms with E-state index in [9.17, 15) is 19.5 Å². The molecule has 254 valence electrons. The molecule has 11 heteroatoms. The summed E-state index contributed by atoms with van der Waals surface area (Å²) in [5.41, 5.74) is 0.812. The fourth-order valence-corrected chi connectivity index (χ4v) is 6.43. The number of piperidine rings is 1. The summed E-state index contributed by atoms with van der Waals surface area (Å²) in [5, 5.41) is 16.8. The SMILES string of the molecule is CCCCN1C(=O)[C@@H]([C@H](O)C(CC)CC)NC(=O)C12CCN(Cc1ccc(Oc3ccc(C(=O)NCCOC)cc3)cc1)CC2.Cl. The number of halogens is 1. The van der Waals surface area contributed by atoms with Crippen molar-refractivity contribution in [2.75, 3.05) is 39.9 Å². The number of aliphatic hydroxyl groups excluding tert-OH is 1. The second-order valence-electron chi connectivity index (χ2n) is 12.2. The summed E-state index contributed by atoms with van der Waals surface area (Å²) in [7, 11) is 1.59. The highest BCUT2D eigenvalue weighted by Gasteiger charge is 2.55. The molecule has 10 nitrogen and oxygen atoms in total. The first-order chi connectivity index (χ1) is 21.8. The molecule has 2 fully saturated rings. The van der Waals surface area contributed by atoms with E-state index in [-0.39, 0.29) is 36.0 Å². The van der Waals surface area contributed by atoms with Gasteiger partial charge >= 0.3 is 0 Å². The second kappa shape index (κ2) is 17.7. The third-order valence-electron chi connectivity index (χ3n) is 9.32. The third kappa shape index (κ3) is 8.79. The van der Waals surface area contributed by atoms with Crippen molar-refractivity contribution in [1.29, 1.82) is 0 Å². The average molecular weight is 659 g/mol. The van der Waals surface area contributed by atoms with E-state index in [1.165, 1.54) is 0 Å². The van der Waals surface area contributed by atoms with Gasteiger partial charge in [-0.25, -0.2) is 0 Å². The lowest BCUT2D eigenvalue weighted by atomic mass is 9.79. The Balaban J connectivity index is 0.00000576. The monoisotopic (exact) mass is 658 g/mol. The fourth-order valence-electron chi connectivity index (χ4n) is 6.43. The summed E-state index contributed by atoms with van der Waals surface area (Å²) in [5.74, 6) is 0.865. The second-order valence-corrected chi connectivity index (χ2v) is 12.2. The van der Waals surface area contributed by atoms with Gasteiger partial charge in [-0.1, -0.05) is 52.2 Å². The zero-order valence-corrected chi connectivity index (χ0v) is 28.4. The molecule has 2 aliphatic rings. The molecule has 4 rings (SSSR count). The lowest BCUT2D eigenvalue weighted by molar-refractivity contribution is -0.165. The van der Waals surface area contributed by atoms with E-state index in [0.29, 0.717) is 62.7 Å². The Kier molecular flexibility index (Phi) is 14.3. The van der Waals surface area contributed by atoms with Crippen LogP contribution < -0.4 is 15.4 Å². The molecule has 2 aromatic carbocycles. The molecular weight excluding hydrogens is 608 g/mol. The molecule has 2 heterocycles. The largest absolute Gasteiger partial charge is 0.457 e. The van der Waals surface area contributed by atoms with Crippen LogP contribution in [0.3, 0.4) is 0 Å². The molecule has 0 radical (unpaired) electrons. The first-order valence-corrected chi connectivity index (χ1v) is 16.4. The van der Waals surface area contributed by atoms with E-state index in [4.69, 9.17) is 9.47 Å². The number of likely N-dealkylation sites (tertiary alicyclic amines) is 1. The van der Waals surface area contributed by atoms with Gasteiger partial charge in [-0.05, 0) is 67.1 Å². The lowest BCUT2D eigenvalue weighted by Gasteiger charge is -2.52. The van der Waals surface area contributed by atoms with Gasteiger partial charge in [0.2, 0.25) is 11.8 Å². The first-order valence-electron chi connectivity index (χ1n) is 16.4. The Labute approximate surface area is 279 Å². The number of rotatable bonds is 15. The number of methoxy groups -OCH3 is 1. The molecule has 2 saturated heterocycles. The minimum atomic E-state index is -0.887. The number of amides is 3. The van der Waals surface area contributed by atoms with E-state index in [2.05, 4.69) is 22.5 Å². The highest BCUT2D eigenvalue weighted by atomic mass is 35.5. The topological polar surface area (TPSA) is 120 Å². The van der Waals surface area contributed by atoms with Gasteiger partial charge in [0.15, 0.2) is 0 Å². The van der Waals surface area contributed by atoms with Crippen molar-refractivity contribution >= 4 is 30.1 Å². The predicted molar refractivity (Wildman–Crippen MR) is 180 cm³/mol. The van der Waals surface area contributed by atoms with Crippen LogP contribution in [0.25, 0.3) is 0 Å². The smallest absolute Gasteiger partial charge is 0.251 e. The number of piperazine rings is 1. The Morgan fingerprint density at radius 1 is 1.02 bits per heavy atom. The maximum atomic E-state index is 13.8. The molecular formula is C35H51ClN4O6. The number of carbonyl (C=O) groups excluding carboxylic acids is 3. The predicted octanol–water partition coefficient (Wildman–Crippen LogP) is 4.54. The summed E-state index contributed by atoms with van der Waals surface area (Å²) in [6.45, 7) is 9.64. The van der Waals surface area contributed by atoms with Crippen LogP contribution in [0.2, 0.25) is 0 Å². The van der Waals surface area contributed by atoms with E-state index in [0.717, 1.165) is 37.8 Å². The highest BCUT2D eigenvalue weighted by Crippen LogP contribution is 2.35. The van der Waals surface area contributed by atoms with Crippen LogP contribution in [0.5, 0.6) is 11.5 Å². The Hall–Kier alpha value is -3.18. The van der Waals surface area contributed by atoms with Crippen LogP contribution in [0.4, 0.5) is 0 Å². The zero-order chi connectivity index (χ0) is 32.4. The maximum absolute atomic E-state index is 13.8. The molecule has 0 aromatic heterocycles. The van der Waals surface area contributed by atoms with Gasteiger partial charge in [-0.15, -0.1) is 12.4 Å². The van der Waals surface area contributed by atoms with Crippen molar-refractivity contribution < 1.29 is 29.0 Å². The number of ether oxygens (including phenoxy) is 2. The summed E-state index contributed by atoms with van der Waals surface area (Å²) < 4.78 is 10.9. The maximum Gasteiger partial charge on any atom is 0.251 e. The number of benzene rings is 2. The summed E-state index contributed by atoms with van der Waals surface area (Å²) >= 11 is 0. The van der Waals surface area contributed by atoms with Gasteiger partial charge in [0.1, 0.15) is 23.1 Å². The van der Waals surface area contributed by atoms with E-state index >= 15 is 0 Å². The standard InChI is InChI=1S/C35H50N4O6.ClH/c1-5-8-20-39-33(42)30(31(40)26(6-2)7-3)37-34(43)35(39)17-21-38(22-18-35)24-25-9-13-28(14-10-25)45-29-15-11-27(12-16-29)32(41)36-19-23-44-4;/h9-16,26,30-31,40H,5-8,17-24H2,1-4H3,(H,36,41)(H,37,43);1H/t30-,31-;/m1./s1. The first kappa shape index (κ1) is 37.3. The van der Waals surface area contributed by atoms with E-state index < -0.39 is 17.7 Å². The number of nitrogens with one attached hydrogen (secondary N) is 2. The number of unbranched alkanes of at least 4 members (excludes halogenated alkanes) is 1. The van der Waals surface area contributed by atoms with Gasteiger partial charge in [-0.3, -0.25) is 19.3 Å². The number of hydrogen-bond donors (Lipinski definition) is 3. The lowest BCUT2D eigenvalue weighted by Crippen LogP contribution is -2.75. The molecule has 3 amide bonds. The van der Waals surface area contributed by atoms with Crippen molar-refractivity contribution in [3.8, 4) is 11.5 Å². The molecule has 0 unspecified atom stereocenters. The Morgan fingerprint density at radius 3 is 2.20 bits per heavy atom. The van der Waals surface area contributed by atoms with Crippen molar-refractivity contribution in [3.05, 3.63) is 59.7 Å². The van der Waals surface area contributed by atoms with E-state index in [1.807, 2.05) is 38.1 Å². The molecule has 2 aliphatic heterocycles. The Morgan fingerprint density at radius 2 is 1.63 bits per heavy atom. The van der Waals surface area contributed by atoms with Crippen molar-refractivity contribution in [2.24, 2.45) is 5.92 Å². The third-order valence-corrected chi connectivity index (χ3v) is 9.32. The summed E-state index contributed by atoms with van der Waals surface area (Å²) in [4.78, 5) is 43.8. The van der Waals surface area contributed by atoms with Crippen LogP contribution in [0, 0.1) is 5.92 Å². The number of hydrogen-bond acceptors (Lipinski definition) is 7. The molecule has 3 N–H and O–H groups in total. The van der Waals surface area contributed by atoms with E-state index in [1.54, 1.807) is 36.3 Å². The van der Waals surface area contributed by atoms with Crippen LogP contribution in [-0.2, 0) is 20.9 Å². The van der Waals surface area contributed by atoms with Gasteiger partial charge in [0.25, 0.3) is 5.91 Å². The van der Waals surface area contributed by atoms with Gasteiger partial charge in [0, 0.05) is 45.4 Å². The summed E-state index contributed by atoms with van der Waals surface area (Å²) in [6, 6.07) is 14.0. The number of aliphatic hydroxyl groups is 1. The Bertz CT molecular complexity index is 1260. The zero-order valence-electron chi connectivity index (χ0n) is 27.6.